The number of aryl methyl sites for hydroxylation is 1. The maximum Gasteiger partial charge on any atom is 0.354 e. The number of esters is 1. The standard InChI is InChI=1S/C26H32FN3O5/c1-6-29(7-2)13-8-14-30-22(17-9-11-18(27)12-10-17)20(24(32)25(30)33)23(31)19-15(3)21(26(34)35-5)28-16(19)4/h9-12,22,28,31H,6-8,13-14H2,1-5H3/t22-/m0/s1. The Morgan fingerprint density at radius 2 is 1.80 bits per heavy atom. The normalized spacial score (nSPS) is 17.5. The Bertz CT molecular complexity index is 1150. The predicted molar refractivity (Wildman–Crippen MR) is 129 cm³/mol. The van der Waals surface area contributed by atoms with Gasteiger partial charge in [-0.05, 0) is 63.2 Å². The van der Waals surface area contributed by atoms with Crippen molar-refractivity contribution >= 4 is 23.4 Å². The van der Waals surface area contributed by atoms with Crippen molar-refractivity contribution in [2.24, 2.45) is 0 Å². The Morgan fingerprint density at radius 1 is 1.17 bits per heavy atom. The Kier molecular flexibility index (Phi) is 8.11. The smallest absolute Gasteiger partial charge is 0.354 e. The number of aromatic amines is 1. The second-order valence-electron chi connectivity index (χ2n) is 8.54. The van der Waals surface area contributed by atoms with Crippen molar-refractivity contribution in [2.75, 3.05) is 33.3 Å². The lowest BCUT2D eigenvalue weighted by molar-refractivity contribution is -0.140. The van der Waals surface area contributed by atoms with E-state index >= 15 is 0 Å². The third kappa shape index (κ3) is 5.00. The first-order valence-electron chi connectivity index (χ1n) is 11.7. The SMILES string of the molecule is CCN(CC)CCCN1C(=O)C(=O)C(=C(O)c2c(C)[nH]c(C(=O)OC)c2C)[C@@H]1c1ccc(F)cc1. The van der Waals surface area contributed by atoms with Crippen LogP contribution in [0, 0.1) is 19.7 Å². The summed E-state index contributed by atoms with van der Waals surface area (Å²) in [4.78, 5) is 45.0. The average molecular weight is 486 g/mol. The van der Waals surface area contributed by atoms with Crippen molar-refractivity contribution in [2.45, 2.75) is 40.2 Å². The van der Waals surface area contributed by atoms with E-state index in [1.807, 2.05) is 0 Å². The highest BCUT2D eigenvalue weighted by Gasteiger charge is 2.46. The van der Waals surface area contributed by atoms with E-state index in [0.29, 0.717) is 29.8 Å². The number of Topliss-reactive ketones (excluding diaryl/α,β-unsaturated/α-hetero) is 1. The number of nitrogens with one attached hydrogen (secondary N) is 1. The van der Waals surface area contributed by atoms with Crippen LogP contribution in [0.15, 0.2) is 29.8 Å². The highest BCUT2D eigenvalue weighted by Crippen LogP contribution is 2.41. The number of nitrogens with zero attached hydrogens (tertiary/aromatic N) is 2. The van der Waals surface area contributed by atoms with Crippen molar-refractivity contribution < 1.29 is 28.6 Å². The molecule has 1 aliphatic rings. The number of aromatic nitrogens is 1. The number of rotatable bonds is 9. The zero-order valence-corrected chi connectivity index (χ0v) is 20.8. The highest BCUT2D eigenvalue weighted by molar-refractivity contribution is 6.46. The van der Waals surface area contributed by atoms with Crippen LogP contribution in [-0.4, -0.2) is 70.8 Å². The first-order valence-corrected chi connectivity index (χ1v) is 11.7. The zero-order valence-electron chi connectivity index (χ0n) is 20.8. The third-order valence-corrected chi connectivity index (χ3v) is 6.56. The lowest BCUT2D eigenvalue weighted by Gasteiger charge is -2.26. The summed E-state index contributed by atoms with van der Waals surface area (Å²) in [6.07, 6.45) is 0.626. The molecule has 1 fully saturated rings. The number of carbonyl (C=O) groups excluding carboxylic acids is 3. The van der Waals surface area contributed by atoms with Gasteiger partial charge in [0.2, 0.25) is 0 Å². The third-order valence-electron chi connectivity index (χ3n) is 6.56. The number of aliphatic hydroxyl groups excluding tert-OH is 1. The molecule has 2 N–H and O–H groups in total. The molecule has 0 saturated carbocycles. The van der Waals surface area contributed by atoms with Crippen LogP contribution < -0.4 is 0 Å². The molecule has 3 rings (SSSR count). The average Bonchev–Trinajstić information content (AvgIpc) is 3.28. The minimum Gasteiger partial charge on any atom is -0.507 e. The van der Waals surface area contributed by atoms with Crippen LogP contribution in [0.3, 0.4) is 0 Å². The summed E-state index contributed by atoms with van der Waals surface area (Å²) in [5.74, 6) is -2.99. The van der Waals surface area contributed by atoms with Gasteiger partial charge < -0.3 is 24.6 Å². The van der Waals surface area contributed by atoms with Crippen LogP contribution in [0.5, 0.6) is 0 Å². The lowest BCUT2D eigenvalue weighted by Crippen LogP contribution is -2.33. The van der Waals surface area contributed by atoms with Gasteiger partial charge in [-0.2, -0.15) is 0 Å². The van der Waals surface area contributed by atoms with Crippen LogP contribution in [0.1, 0.15) is 59.2 Å². The van der Waals surface area contributed by atoms with Gasteiger partial charge in [-0.25, -0.2) is 9.18 Å². The van der Waals surface area contributed by atoms with E-state index in [1.165, 1.54) is 36.3 Å². The molecule has 0 aliphatic carbocycles. The molecule has 1 aliphatic heterocycles. The molecule has 0 unspecified atom stereocenters. The van der Waals surface area contributed by atoms with Gasteiger partial charge in [-0.15, -0.1) is 0 Å². The van der Waals surface area contributed by atoms with Gasteiger partial charge in [-0.1, -0.05) is 26.0 Å². The topological polar surface area (TPSA) is 103 Å². The van der Waals surface area contributed by atoms with Crippen LogP contribution >= 0.6 is 0 Å². The Labute approximate surface area is 204 Å². The molecule has 0 bridgehead atoms. The summed E-state index contributed by atoms with van der Waals surface area (Å²) < 4.78 is 18.5. The van der Waals surface area contributed by atoms with Gasteiger partial charge >= 0.3 is 5.97 Å². The summed E-state index contributed by atoms with van der Waals surface area (Å²) >= 11 is 0. The minimum atomic E-state index is -0.887. The molecule has 1 amide bonds. The fourth-order valence-electron chi connectivity index (χ4n) is 4.65. The van der Waals surface area contributed by atoms with Crippen molar-refractivity contribution in [3.63, 3.8) is 0 Å². The molecule has 1 aromatic carbocycles. The maximum atomic E-state index is 13.7. The maximum absolute atomic E-state index is 13.7. The zero-order chi connectivity index (χ0) is 25.9. The number of ether oxygens (including phenoxy) is 1. The molecule has 9 heteroatoms. The molecule has 1 atom stereocenters. The number of amides is 1. The number of likely N-dealkylation sites (tertiary alicyclic amines) is 1. The number of benzene rings is 1. The second kappa shape index (κ2) is 10.9. The van der Waals surface area contributed by atoms with Crippen molar-refractivity contribution in [1.82, 2.24) is 14.8 Å². The van der Waals surface area contributed by atoms with E-state index < -0.39 is 29.5 Å². The Balaban J connectivity index is 2.11. The summed E-state index contributed by atoms with van der Waals surface area (Å²) in [5.41, 5.74) is 1.68. The lowest BCUT2D eigenvalue weighted by atomic mass is 9.94. The van der Waals surface area contributed by atoms with E-state index in [-0.39, 0.29) is 22.6 Å². The number of carbonyl (C=O) groups is 3. The summed E-state index contributed by atoms with van der Waals surface area (Å²) in [6, 6.07) is 4.64. The highest BCUT2D eigenvalue weighted by atomic mass is 19.1. The molecule has 0 spiro atoms. The summed E-state index contributed by atoms with van der Waals surface area (Å²) in [6.45, 7) is 10.1. The second-order valence-corrected chi connectivity index (χ2v) is 8.54. The monoisotopic (exact) mass is 485 g/mol. The van der Waals surface area contributed by atoms with E-state index in [1.54, 1.807) is 13.8 Å². The quantitative estimate of drug-likeness (QED) is 0.243. The Hall–Kier alpha value is -3.46. The number of ketones is 1. The van der Waals surface area contributed by atoms with Crippen molar-refractivity contribution in [3.8, 4) is 0 Å². The molecule has 1 saturated heterocycles. The molecular formula is C26H32FN3O5. The fraction of sp³-hybridized carbons (Fsp3) is 0.423. The molecule has 1 aromatic heterocycles. The predicted octanol–water partition coefficient (Wildman–Crippen LogP) is 3.71. The van der Waals surface area contributed by atoms with Crippen molar-refractivity contribution in [3.05, 3.63) is 63.7 Å². The van der Waals surface area contributed by atoms with Gasteiger partial charge in [-0.3, -0.25) is 9.59 Å². The molecule has 188 valence electrons. The van der Waals surface area contributed by atoms with Crippen LogP contribution in [0.2, 0.25) is 0 Å². The van der Waals surface area contributed by atoms with Gasteiger partial charge in [0.25, 0.3) is 11.7 Å². The summed E-state index contributed by atoms with van der Waals surface area (Å²) in [7, 11) is 1.25. The Morgan fingerprint density at radius 3 is 2.37 bits per heavy atom. The number of halogens is 1. The number of methoxy groups -OCH3 is 1. The first kappa shape index (κ1) is 26.2. The molecule has 8 nitrogen and oxygen atoms in total. The first-order chi connectivity index (χ1) is 16.7. The number of H-pyrrole nitrogens is 1. The van der Waals surface area contributed by atoms with Gasteiger partial charge in [0.05, 0.1) is 18.7 Å². The molecule has 0 radical (unpaired) electrons. The van der Waals surface area contributed by atoms with E-state index in [4.69, 9.17) is 4.74 Å². The summed E-state index contributed by atoms with van der Waals surface area (Å²) in [5, 5.41) is 11.4. The molecule has 35 heavy (non-hydrogen) atoms. The van der Waals surface area contributed by atoms with Gasteiger partial charge in [0, 0.05) is 17.8 Å². The van der Waals surface area contributed by atoms with Crippen LogP contribution in [0.25, 0.3) is 5.76 Å². The molecule has 2 heterocycles. The number of aliphatic hydroxyl groups is 1. The van der Waals surface area contributed by atoms with E-state index in [0.717, 1.165) is 19.6 Å². The van der Waals surface area contributed by atoms with Crippen molar-refractivity contribution in [1.29, 1.82) is 0 Å². The largest absolute Gasteiger partial charge is 0.507 e. The number of hydrogen-bond donors (Lipinski definition) is 2. The number of hydrogen-bond acceptors (Lipinski definition) is 6. The van der Waals surface area contributed by atoms with Crippen LogP contribution in [-0.2, 0) is 14.3 Å². The van der Waals surface area contributed by atoms with E-state index in [9.17, 15) is 23.9 Å². The van der Waals surface area contributed by atoms with Gasteiger partial charge in [0.1, 0.15) is 17.3 Å². The van der Waals surface area contributed by atoms with Gasteiger partial charge in [0.15, 0.2) is 0 Å². The molecular weight excluding hydrogens is 453 g/mol. The van der Waals surface area contributed by atoms with Crippen LogP contribution in [0.4, 0.5) is 4.39 Å². The fourth-order valence-corrected chi connectivity index (χ4v) is 4.65. The van der Waals surface area contributed by atoms with E-state index in [2.05, 4.69) is 23.7 Å². The minimum absolute atomic E-state index is 0.0916. The molecule has 2 aromatic rings.